The Bertz CT molecular complexity index is 185. The van der Waals surface area contributed by atoms with E-state index in [0.29, 0.717) is 17.9 Å². The Kier molecular flexibility index (Phi) is 2.63. The second kappa shape index (κ2) is 3.51. The molecule has 3 nitrogen and oxygen atoms in total. The van der Waals surface area contributed by atoms with Gasteiger partial charge < -0.3 is 4.74 Å². The van der Waals surface area contributed by atoms with Crippen LogP contribution in [0.15, 0.2) is 9.98 Å². The van der Waals surface area contributed by atoms with Gasteiger partial charge in [-0.05, 0) is 5.92 Å². The average molecular weight is 154 g/mol. The topological polar surface area (TPSA) is 34.0 Å². The Morgan fingerprint density at radius 1 is 1.64 bits per heavy atom. The number of aliphatic imine (C=N–C) groups is 2. The molecular weight excluding hydrogens is 140 g/mol. The summed E-state index contributed by atoms with van der Waals surface area (Å²) >= 11 is 0. The first-order chi connectivity index (χ1) is 5.24. The molecule has 0 saturated heterocycles. The molecule has 0 radical (unpaired) electrons. The molecule has 11 heavy (non-hydrogen) atoms. The number of hydrogen-bond acceptors (Lipinski definition) is 3. The number of rotatable bonds is 1. The molecule has 0 amide bonds. The molecule has 0 N–H and O–H groups in total. The molecule has 1 aliphatic heterocycles. The highest BCUT2D eigenvalue weighted by atomic mass is 16.5. The largest absolute Gasteiger partial charge is 0.480 e. The van der Waals surface area contributed by atoms with Crippen LogP contribution in [0.5, 0.6) is 0 Å². The molecule has 1 heterocycles. The van der Waals surface area contributed by atoms with Crippen LogP contribution in [0.2, 0.25) is 0 Å². The van der Waals surface area contributed by atoms with E-state index >= 15 is 0 Å². The highest BCUT2D eigenvalue weighted by molar-refractivity contribution is 6.26. The van der Waals surface area contributed by atoms with Crippen LogP contribution in [0, 0.1) is 5.92 Å². The Morgan fingerprint density at radius 3 is 2.73 bits per heavy atom. The highest BCUT2D eigenvalue weighted by Crippen LogP contribution is 2.08. The Hall–Kier alpha value is -0.860. The average Bonchev–Trinajstić information content (AvgIpc) is 2.05. The molecule has 1 unspecified atom stereocenters. The van der Waals surface area contributed by atoms with E-state index in [1.165, 1.54) is 0 Å². The second-order valence-electron chi connectivity index (χ2n) is 2.97. The van der Waals surface area contributed by atoms with E-state index in [1.807, 2.05) is 0 Å². The normalized spacial score (nSPS) is 23.6. The molecule has 1 aliphatic rings. The van der Waals surface area contributed by atoms with Crippen molar-refractivity contribution < 1.29 is 4.74 Å². The lowest BCUT2D eigenvalue weighted by Crippen LogP contribution is -2.23. The highest BCUT2D eigenvalue weighted by Gasteiger charge is 2.14. The van der Waals surface area contributed by atoms with Crippen molar-refractivity contribution in [3.8, 4) is 0 Å². The number of hydrogen-bond donors (Lipinski definition) is 0. The third-order valence-electron chi connectivity index (χ3n) is 1.79. The van der Waals surface area contributed by atoms with E-state index in [0.717, 1.165) is 6.54 Å². The molecule has 0 spiro atoms. The monoisotopic (exact) mass is 154 g/mol. The smallest absolute Gasteiger partial charge is 0.226 e. The fraction of sp³-hybridized carbons (Fsp3) is 0.750. The maximum atomic E-state index is 4.92. The molecule has 0 aromatic heterocycles. The summed E-state index contributed by atoms with van der Waals surface area (Å²) in [5, 5.41) is 0. The van der Waals surface area contributed by atoms with Gasteiger partial charge in [0, 0.05) is 0 Å². The summed E-state index contributed by atoms with van der Waals surface area (Å²) in [5.74, 6) is 1.20. The van der Waals surface area contributed by atoms with Gasteiger partial charge in [-0.25, -0.2) is 4.99 Å². The lowest BCUT2D eigenvalue weighted by Gasteiger charge is -2.17. The van der Waals surface area contributed by atoms with E-state index in [1.54, 1.807) is 13.3 Å². The molecule has 0 saturated carbocycles. The van der Waals surface area contributed by atoms with Gasteiger partial charge in [-0.1, -0.05) is 13.8 Å². The molecule has 1 atom stereocenters. The summed E-state index contributed by atoms with van der Waals surface area (Å²) in [5.41, 5.74) is 0. The van der Waals surface area contributed by atoms with Crippen molar-refractivity contribution in [1.82, 2.24) is 0 Å². The van der Waals surface area contributed by atoms with E-state index in [4.69, 9.17) is 4.74 Å². The zero-order valence-electron chi connectivity index (χ0n) is 7.24. The Morgan fingerprint density at radius 2 is 2.36 bits per heavy atom. The van der Waals surface area contributed by atoms with Gasteiger partial charge in [-0.3, -0.25) is 4.99 Å². The lowest BCUT2D eigenvalue weighted by molar-refractivity contribution is 0.401. The van der Waals surface area contributed by atoms with Crippen molar-refractivity contribution in [2.75, 3.05) is 13.7 Å². The van der Waals surface area contributed by atoms with Crippen molar-refractivity contribution in [2.24, 2.45) is 15.9 Å². The van der Waals surface area contributed by atoms with Crippen molar-refractivity contribution in [3.05, 3.63) is 0 Å². The van der Waals surface area contributed by atoms with Crippen LogP contribution >= 0.6 is 0 Å². The third kappa shape index (κ3) is 2.03. The summed E-state index contributed by atoms with van der Waals surface area (Å²) in [7, 11) is 1.61. The van der Waals surface area contributed by atoms with Crippen LogP contribution in [-0.2, 0) is 4.74 Å². The van der Waals surface area contributed by atoms with Gasteiger partial charge in [-0.2, -0.15) is 0 Å². The lowest BCUT2D eigenvalue weighted by atomic mass is 10.1. The quantitative estimate of drug-likeness (QED) is 0.557. The minimum absolute atomic E-state index is 0.342. The van der Waals surface area contributed by atoms with Gasteiger partial charge in [0.1, 0.15) is 0 Å². The van der Waals surface area contributed by atoms with Gasteiger partial charge >= 0.3 is 0 Å². The van der Waals surface area contributed by atoms with Gasteiger partial charge in [-0.15, -0.1) is 0 Å². The predicted octanol–water partition coefficient (Wildman–Crippen LogP) is 1.14. The van der Waals surface area contributed by atoms with E-state index in [9.17, 15) is 0 Å². The Labute approximate surface area is 67.2 Å². The zero-order chi connectivity index (χ0) is 8.27. The van der Waals surface area contributed by atoms with E-state index in [-0.39, 0.29) is 0 Å². The number of nitrogens with zero attached hydrogens (tertiary/aromatic N) is 2. The van der Waals surface area contributed by atoms with Crippen molar-refractivity contribution >= 4 is 12.1 Å². The standard InChI is InChI=1S/C8H14N2O/c1-6(2)7-4-10-8(11-3)5-9-7/h5-7H,4H2,1-3H3. The molecule has 0 fully saturated rings. The zero-order valence-corrected chi connectivity index (χ0v) is 7.24. The summed E-state index contributed by atoms with van der Waals surface area (Å²) in [6, 6.07) is 0.342. The maximum Gasteiger partial charge on any atom is 0.226 e. The Balaban J connectivity index is 2.50. The molecule has 0 aromatic carbocycles. The molecule has 1 rings (SSSR count). The molecule has 62 valence electrons. The summed E-state index contributed by atoms with van der Waals surface area (Å²) in [4.78, 5) is 8.50. The number of methoxy groups -OCH3 is 1. The van der Waals surface area contributed by atoms with Crippen LogP contribution in [0.1, 0.15) is 13.8 Å². The second-order valence-corrected chi connectivity index (χ2v) is 2.97. The fourth-order valence-electron chi connectivity index (χ4n) is 0.931. The first-order valence-electron chi connectivity index (χ1n) is 3.85. The maximum absolute atomic E-state index is 4.92. The van der Waals surface area contributed by atoms with Crippen molar-refractivity contribution in [2.45, 2.75) is 19.9 Å². The molecule has 0 bridgehead atoms. The fourth-order valence-corrected chi connectivity index (χ4v) is 0.931. The van der Waals surface area contributed by atoms with Gasteiger partial charge in [0.25, 0.3) is 0 Å². The van der Waals surface area contributed by atoms with Crippen LogP contribution in [0.25, 0.3) is 0 Å². The van der Waals surface area contributed by atoms with E-state index in [2.05, 4.69) is 23.8 Å². The third-order valence-corrected chi connectivity index (χ3v) is 1.79. The van der Waals surface area contributed by atoms with Crippen LogP contribution in [0.4, 0.5) is 0 Å². The predicted molar refractivity (Wildman–Crippen MR) is 46.4 cm³/mol. The van der Waals surface area contributed by atoms with Gasteiger partial charge in [0.2, 0.25) is 5.90 Å². The first kappa shape index (κ1) is 8.24. The summed E-state index contributed by atoms with van der Waals surface area (Å²) in [6.07, 6.45) is 1.70. The van der Waals surface area contributed by atoms with Crippen LogP contribution in [-0.4, -0.2) is 31.8 Å². The molecular formula is C8H14N2O. The van der Waals surface area contributed by atoms with Gasteiger partial charge in [0.15, 0.2) is 0 Å². The SMILES string of the molecule is COC1=NCC(C(C)C)N=C1. The molecule has 0 aliphatic carbocycles. The summed E-state index contributed by atoms with van der Waals surface area (Å²) in [6.45, 7) is 5.06. The molecule has 3 heteroatoms. The minimum Gasteiger partial charge on any atom is -0.480 e. The van der Waals surface area contributed by atoms with Crippen LogP contribution in [0.3, 0.4) is 0 Å². The minimum atomic E-state index is 0.342. The molecule has 0 aromatic rings. The van der Waals surface area contributed by atoms with Crippen molar-refractivity contribution in [1.29, 1.82) is 0 Å². The summed E-state index contributed by atoms with van der Waals surface area (Å²) < 4.78 is 4.92. The van der Waals surface area contributed by atoms with E-state index < -0.39 is 0 Å². The first-order valence-corrected chi connectivity index (χ1v) is 3.85. The number of ether oxygens (including phenoxy) is 1. The van der Waals surface area contributed by atoms with Gasteiger partial charge in [0.05, 0.1) is 25.9 Å². The van der Waals surface area contributed by atoms with Crippen molar-refractivity contribution in [3.63, 3.8) is 0 Å². The van der Waals surface area contributed by atoms with Crippen LogP contribution < -0.4 is 0 Å².